The second kappa shape index (κ2) is 10.8. The Bertz CT molecular complexity index is 1480. The van der Waals surface area contributed by atoms with Crippen molar-refractivity contribution in [2.45, 2.75) is 19.9 Å². The van der Waals surface area contributed by atoms with Crippen molar-refractivity contribution in [2.24, 2.45) is 0 Å². The number of anilines is 4. The molecule has 14 nitrogen and oxygen atoms in total. The molecule has 1 fully saturated rings. The van der Waals surface area contributed by atoms with Crippen molar-refractivity contribution in [1.29, 1.82) is 0 Å². The normalized spacial score (nSPS) is 14.6. The van der Waals surface area contributed by atoms with E-state index in [1.54, 1.807) is 24.0 Å². The van der Waals surface area contributed by atoms with E-state index in [1.165, 1.54) is 26.2 Å². The maximum absolute atomic E-state index is 13.3. The van der Waals surface area contributed by atoms with Gasteiger partial charge in [-0.2, -0.15) is 9.97 Å². The number of thiazole rings is 1. The van der Waals surface area contributed by atoms with Gasteiger partial charge >= 0.3 is 5.97 Å². The summed E-state index contributed by atoms with van der Waals surface area (Å²) < 4.78 is 16.3. The molecule has 3 aromatic rings. The summed E-state index contributed by atoms with van der Waals surface area (Å²) in [5, 5.41) is 15.5. The first-order chi connectivity index (χ1) is 19.2. The molecule has 2 aliphatic rings. The van der Waals surface area contributed by atoms with Crippen LogP contribution < -0.4 is 34.6 Å². The Morgan fingerprint density at radius 3 is 2.40 bits per heavy atom. The quantitative estimate of drug-likeness (QED) is 0.342. The summed E-state index contributed by atoms with van der Waals surface area (Å²) in [6.45, 7) is 2.75. The first kappa shape index (κ1) is 26.9. The zero-order valence-electron chi connectivity index (χ0n) is 22.2. The highest BCUT2D eigenvalue weighted by molar-refractivity contribution is 7.17. The molecule has 4 heterocycles. The maximum Gasteiger partial charge on any atom is 0.347 e. The molecule has 1 aromatic carbocycles. The lowest BCUT2D eigenvalue weighted by Gasteiger charge is -2.29. The van der Waals surface area contributed by atoms with Gasteiger partial charge in [0.2, 0.25) is 23.5 Å². The number of carboxylic acids is 1. The van der Waals surface area contributed by atoms with Gasteiger partial charge in [-0.3, -0.25) is 19.8 Å². The van der Waals surface area contributed by atoms with Crippen LogP contribution in [-0.2, 0) is 22.6 Å². The van der Waals surface area contributed by atoms with Gasteiger partial charge in [-0.1, -0.05) is 11.3 Å². The molecule has 0 unspecified atom stereocenters. The van der Waals surface area contributed by atoms with Crippen LogP contribution in [0.15, 0.2) is 12.1 Å². The Hall–Kier alpha value is -4.66. The van der Waals surface area contributed by atoms with Gasteiger partial charge in [0.1, 0.15) is 16.5 Å². The number of aryl methyl sites for hydroxylation is 1. The molecule has 5 rings (SSSR count). The van der Waals surface area contributed by atoms with Crippen molar-refractivity contribution in [3.05, 3.63) is 33.8 Å². The molecule has 0 radical (unpaired) electrons. The molecule has 0 bridgehead atoms. The molecular formula is C25H27N7O7S. The second-order valence-electron chi connectivity index (χ2n) is 9.00. The molecule has 0 atom stereocenters. The number of rotatable bonds is 9. The summed E-state index contributed by atoms with van der Waals surface area (Å²) in [5.74, 6) is 0.837. The molecule has 2 amide bonds. The Morgan fingerprint density at radius 1 is 1.10 bits per heavy atom. The van der Waals surface area contributed by atoms with E-state index in [9.17, 15) is 19.5 Å². The zero-order chi connectivity index (χ0) is 28.6. The third-order valence-electron chi connectivity index (χ3n) is 6.46. The number of aromatic carboxylic acids is 1. The SMILES string of the molecule is COc1cc(CN2C(=O)Cc3c(N4CCNC(=O)C4)nc(Nc4nc(C)c(C(=O)O)s4)nc32)cc(OC)c1OC. The maximum atomic E-state index is 13.3. The number of fused-ring (bicyclic) bond motifs is 1. The molecule has 40 heavy (non-hydrogen) atoms. The Kier molecular flexibility index (Phi) is 7.30. The Balaban J connectivity index is 1.56. The van der Waals surface area contributed by atoms with E-state index in [4.69, 9.17) is 14.2 Å². The molecule has 15 heteroatoms. The number of piperazine rings is 1. The molecule has 0 spiro atoms. The number of aromatic nitrogens is 3. The predicted octanol–water partition coefficient (Wildman–Crippen LogP) is 1.73. The number of hydrogen-bond acceptors (Lipinski definition) is 12. The number of ether oxygens (including phenoxy) is 3. The highest BCUT2D eigenvalue weighted by Gasteiger charge is 2.35. The van der Waals surface area contributed by atoms with Crippen LogP contribution >= 0.6 is 11.3 Å². The molecular weight excluding hydrogens is 542 g/mol. The fourth-order valence-electron chi connectivity index (χ4n) is 4.66. The molecule has 1 saturated heterocycles. The number of carbonyl (C=O) groups is 3. The molecule has 210 valence electrons. The molecule has 2 aliphatic heterocycles. The Labute approximate surface area is 232 Å². The van der Waals surface area contributed by atoms with Crippen molar-refractivity contribution in [3.63, 3.8) is 0 Å². The lowest BCUT2D eigenvalue weighted by atomic mass is 10.1. The van der Waals surface area contributed by atoms with Gasteiger partial charge in [0, 0.05) is 18.7 Å². The highest BCUT2D eigenvalue weighted by atomic mass is 32.1. The summed E-state index contributed by atoms with van der Waals surface area (Å²) in [6.07, 6.45) is 0.0486. The average Bonchev–Trinajstić information content (AvgIpc) is 3.46. The number of carboxylic acid groups (broad SMARTS) is 1. The van der Waals surface area contributed by atoms with E-state index in [1.807, 2.05) is 0 Å². The number of hydrogen-bond donors (Lipinski definition) is 3. The van der Waals surface area contributed by atoms with Crippen molar-refractivity contribution in [2.75, 3.05) is 56.1 Å². The van der Waals surface area contributed by atoms with Gasteiger partial charge in [0.05, 0.1) is 46.5 Å². The van der Waals surface area contributed by atoms with E-state index in [0.29, 0.717) is 58.8 Å². The van der Waals surface area contributed by atoms with Crippen LogP contribution in [0.3, 0.4) is 0 Å². The van der Waals surface area contributed by atoms with Crippen molar-refractivity contribution >= 4 is 51.8 Å². The largest absolute Gasteiger partial charge is 0.493 e. The number of amides is 2. The number of methoxy groups -OCH3 is 3. The number of nitrogens with one attached hydrogen (secondary N) is 2. The number of benzene rings is 1. The minimum absolute atomic E-state index is 0.0486. The highest BCUT2D eigenvalue weighted by Crippen LogP contribution is 2.41. The Morgan fingerprint density at radius 2 is 1.80 bits per heavy atom. The van der Waals surface area contributed by atoms with Gasteiger partial charge < -0.3 is 29.5 Å². The predicted molar refractivity (Wildman–Crippen MR) is 145 cm³/mol. The van der Waals surface area contributed by atoms with Gasteiger partial charge in [-0.05, 0) is 24.6 Å². The topological polar surface area (TPSA) is 168 Å². The lowest BCUT2D eigenvalue weighted by Crippen LogP contribution is -2.48. The van der Waals surface area contributed by atoms with E-state index >= 15 is 0 Å². The lowest BCUT2D eigenvalue weighted by molar-refractivity contribution is -0.120. The van der Waals surface area contributed by atoms with Gasteiger partial charge in [0.25, 0.3) is 0 Å². The summed E-state index contributed by atoms with van der Waals surface area (Å²) >= 11 is 0.953. The molecule has 3 N–H and O–H groups in total. The smallest absolute Gasteiger partial charge is 0.347 e. The van der Waals surface area contributed by atoms with Crippen LogP contribution in [0, 0.1) is 6.92 Å². The van der Waals surface area contributed by atoms with Crippen molar-refractivity contribution < 1.29 is 33.7 Å². The van der Waals surface area contributed by atoms with Crippen LogP contribution in [0.1, 0.15) is 26.5 Å². The second-order valence-corrected chi connectivity index (χ2v) is 10.00. The van der Waals surface area contributed by atoms with E-state index in [2.05, 4.69) is 25.6 Å². The fourth-order valence-corrected chi connectivity index (χ4v) is 5.46. The monoisotopic (exact) mass is 569 g/mol. The fraction of sp³-hybridized carbons (Fsp3) is 0.360. The molecule has 2 aromatic heterocycles. The van der Waals surface area contributed by atoms with E-state index in [-0.39, 0.29) is 47.3 Å². The summed E-state index contributed by atoms with van der Waals surface area (Å²) in [5.41, 5.74) is 1.66. The third kappa shape index (κ3) is 5.02. The van der Waals surface area contributed by atoms with Gasteiger partial charge in [-0.15, -0.1) is 0 Å². The van der Waals surface area contributed by atoms with Gasteiger partial charge in [0.15, 0.2) is 16.6 Å². The zero-order valence-corrected chi connectivity index (χ0v) is 23.0. The standard InChI is InChI=1S/C25H27N7O7S/c1-12-20(23(35)36)40-25(27-12)30-24-28-21(31-6-5-26-17(33)11-31)14-9-18(34)32(22(14)29-24)10-13-7-15(37-2)19(39-4)16(8-13)38-3/h7-8H,5-6,9-11H2,1-4H3,(H,26,33)(H,35,36)(H,27,28,29,30). The van der Waals surface area contributed by atoms with Crippen molar-refractivity contribution in [1.82, 2.24) is 20.3 Å². The van der Waals surface area contributed by atoms with Crippen LogP contribution in [0.4, 0.5) is 22.7 Å². The number of nitrogens with zero attached hydrogens (tertiary/aromatic N) is 5. The van der Waals surface area contributed by atoms with E-state index < -0.39 is 5.97 Å². The van der Waals surface area contributed by atoms with Crippen LogP contribution in [0.25, 0.3) is 0 Å². The van der Waals surface area contributed by atoms with Gasteiger partial charge in [-0.25, -0.2) is 9.78 Å². The van der Waals surface area contributed by atoms with E-state index in [0.717, 1.165) is 11.3 Å². The third-order valence-corrected chi connectivity index (χ3v) is 7.52. The minimum atomic E-state index is -1.08. The summed E-state index contributed by atoms with van der Waals surface area (Å²) in [6, 6.07) is 3.52. The average molecular weight is 570 g/mol. The number of carbonyl (C=O) groups excluding carboxylic acids is 2. The molecule has 0 saturated carbocycles. The summed E-state index contributed by atoms with van der Waals surface area (Å²) in [7, 11) is 4.54. The van der Waals surface area contributed by atoms with Crippen molar-refractivity contribution in [3.8, 4) is 17.2 Å². The van der Waals surface area contributed by atoms with Crippen LogP contribution in [0.2, 0.25) is 0 Å². The summed E-state index contributed by atoms with van der Waals surface area (Å²) in [4.78, 5) is 54.0. The molecule has 0 aliphatic carbocycles. The minimum Gasteiger partial charge on any atom is -0.493 e. The first-order valence-electron chi connectivity index (χ1n) is 12.2. The van der Waals surface area contributed by atoms with Crippen LogP contribution in [0.5, 0.6) is 17.2 Å². The first-order valence-corrected chi connectivity index (χ1v) is 13.0. The van der Waals surface area contributed by atoms with Crippen LogP contribution in [-0.4, -0.2) is 78.8 Å².